The van der Waals surface area contributed by atoms with Crippen molar-refractivity contribution in [1.82, 2.24) is 9.97 Å². The minimum Gasteiger partial charge on any atom is -0.485 e. The average Bonchev–Trinajstić information content (AvgIpc) is 3.37. The lowest BCUT2D eigenvalue weighted by atomic mass is 10.2. The van der Waals surface area contributed by atoms with Gasteiger partial charge in [-0.15, -0.1) is 11.3 Å². The summed E-state index contributed by atoms with van der Waals surface area (Å²) < 4.78 is 31.7. The number of nitrogens with zero attached hydrogens (tertiary/aromatic N) is 2. The molecule has 2 unspecified atom stereocenters. The Morgan fingerprint density at radius 2 is 2.24 bits per heavy atom. The molecule has 3 N–H and O–H groups in total. The molecule has 2 heterocycles. The number of alkyl halides is 2. The highest BCUT2D eigenvalue weighted by Crippen LogP contribution is 2.35. The SMILES string of the molecule is N=CCCC(I=N)c1ncc(/C=C/c2nc3ccc(OC(CO)CF)cc3o2)s1. The Kier molecular flexibility index (Phi) is 7.95. The van der Waals surface area contributed by atoms with Crippen LogP contribution in [0.1, 0.15) is 32.5 Å². The standard InChI is InChI=1S/C19H20FIN4O3S/c20-9-13(11-26)27-12-3-5-16-17(8-12)28-18(25-16)6-4-14-10-24-19(29-14)15(21-23)2-1-7-22/h3-8,10,13,15,22-23,26H,1-2,9,11H2/b6-4+,22-7?. The molecule has 0 aliphatic rings. The van der Waals surface area contributed by atoms with Crippen LogP contribution in [0.25, 0.3) is 23.3 Å². The van der Waals surface area contributed by atoms with Gasteiger partial charge in [-0.1, -0.05) is 0 Å². The Balaban J connectivity index is 1.72. The molecule has 3 aromatic rings. The molecule has 154 valence electrons. The molecule has 0 fully saturated rings. The summed E-state index contributed by atoms with van der Waals surface area (Å²) in [6, 6.07) is 4.99. The summed E-state index contributed by atoms with van der Waals surface area (Å²) >= 11 is 0.813. The van der Waals surface area contributed by atoms with Gasteiger partial charge >= 0.3 is 0 Å². The predicted molar refractivity (Wildman–Crippen MR) is 120 cm³/mol. The van der Waals surface area contributed by atoms with E-state index in [4.69, 9.17) is 23.2 Å². The van der Waals surface area contributed by atoms with Gasteiger partial charge in [0.25, 0.3) is 0 Å². The topological polar surface area (TPSA) is 116 Å². The van der Waals surface area contributed by atoms with Crippen molar-refractivity contribution >= 4 is 61.8 Å². The molecule has 7 nitrogen and oxygen atoms in total. The number of benzene rings is 1. The van der Waals surface area contributed by atoms with Crippen molar-refractivity contribution < 1.29 is 18.7 Å². The number of fused-ring (bicyclic) bond motifs is 1. The fourth-order valence-corrected chi connectivity index (χ4v) is 5.12. The van der Waals surface area contributed by atoms with Crippen molar-refractivity contribution in [2.24, 2.45) is 0 Å². The number of halogens is 2. The maximum absolute atomic E-state index is 12.7. The van der Waals surface area contributed by atoms with Gasteiger partial charge in [-0.25, -0.2) is 14.4 Å². The Bertz CT molecular complexity index is 1000. The summed E-state index contributed by atoms with van der Waals surface area (Å²) in [6.07, 6.45) is 7.34. The summed E-state index contributed by atoms with van der Waals surface area (Å²) in [5.41, 5.74) is 1.15. The van der Waals surface area contributed by atoms with Crippen molar-refractivity contribution in [1.29, 1.82) is 8.97 Å². The van der Waals surface area contributed by atoms with Gasteiger partial charge in [0.15, 0.2) is 5.58 Å². The van der Waals surface area contributed by atoms with Crippen molar-refractivity contribution in [2.45, 2.75) is 22.9 Å². The molecule has 0 bridgehead atoms. The molecule has 0 radical (unpaired) electrons. The first-order chi connectivity index (χ1) is 14.2. The quantitative estimate of drug-likeness (QED) is 0.175. The minimum absolute atomic E-state index is 0.150. The first-order valence-corrected chi connectivity index (χ1v) is 12.0. The average molecular weight is 530 g/mol. The molecule has 0 aliphatic carbocycles. The van der Waals surface area contributed by atoms with Crippen LogP contribution in [0.4, 0.5) is 4.39 Å². The van der Waals surface area contributed by atoms with E-state index in [1.807, 2.05) is 6.08 Å². The number of aliphatic hydroxyl groups excluding tert-OH is 1. The van der Waals surface area contributed by atoms with Crippen LogP contribution in [0.2, 0.25) is 0 Å². The summed E-state index contributed by atoms with van der Waals surface area (Å²) in [7, 11) is 0. The van der Waals surface area contributed by atoms with Crippen molar-refractivity contribution in [3.63, 3.8) is 0 Å². The van der Waals surface area contributed by atoms with Crippen LogP contribution in [0.15, 0.2) is 28.8 Å². The Hall–Kier alpha value is -2.05. The number of ether oxygens (including phenoxy) is 1. The second-order valence-corrected chi connectivity index (χ2v) is 9.27. The summed E-state index contributed by atoms with van der Waals surface area (Å²) in [5.74, 6) is 0.826. The van der Waals surface area contributed by atoms with E-state index in [-0.39, 0.29) is 3.92 Å². The number of hydrogen-bond acceptors (Lipinski definition) is 8. The Morgan fingerprint density at radius 1 is 1.38 bits per heavy atom. The normalized spacial score (nSPS) is 13.7. The van der Waals surface area contributed by atoms with Crippen LogP contribution in [-0.2, 0) is 0 Å². The number of aromatic nitrogens is 2. The molecule has 29 heavy (non-hydrogen) atoms. The van der Waals surface area contributed by atoms with Crippen molar-refractivity contribution in [3.8, 4) is 5.75 Å². The second-order valence-electron chi connectivity index (χ2n) is 6.05. The smallest absolute Gasteiger partial charge is 0.220 e. The monoisotopic (exact) mass is 530 g/mol. The minimum atomic E-state index is -0.899. The van der Waals surface area contributed by atoms with E-state index in [2.05, 4.69) is 9.97 Å². The maximum Gasteiger partial charge on any atom is 0.220 e. The van der Waals surface area contributed by atoms with Crippen LogP contribution >= 0.6 is 32.4 Å². The van der Waals surface area contributed by atoms with E-state index < -0.39 is 40.4 Å². The lowest BCUT2D eigenvalue weighted by Gasteiger charge is -2.12. The number of nitrogens with one attached hydrogen (secondary N) is 2. The third kappa shape index (κ3) is 5.73. The lowest BCUT2D eigenvalue weighted by Crippen LogP contribution is -2.23. The zero-order chi connectivity index (χ0) is 20.6. The molecule has 0 spiro atoms. The molecule has 10 heteroatoms. The van der Waals surface area contributed by atoms with Gasteiger partial charge in [0.1, 0.15) is 29.1 Å². The van der Waals surface area contributed by atoms with Gasteiger partial charge in [0, 0.05) is 23.2 Å². The van der Waals surface area contributed by atoms with E-state index in [1.54, 1.807) is 41.8 Å². The maximum atomic E-state index is 12.7. The Morgan fingerprint density at radius 3 is 2.97 bits per heavy atom. The summed E-state index contributed by atoms with van der Waals surface area (Å²) in [4.78, 5) is 9.76. The third-order valence-electron chi connectivity index (χ3n) is 3.95. The molecule has 0 amide bonds. The number of thiazole rings is 1. The van der Waals surface area contributed by atoms with E-state index >= 15 is 0 Å². The first-order valence-electron chi connectivity index (χ1n) is 8.82. The van der Waals surface area contributed by atoms with Gasteiger partial charge in [-0.2, -0.15) is 0 Å². The fraction of sp³-hybridized carbons (Fsp3) is 0.316. The van der Waals surface area contributed by atoms with Gasteiger partial charge in [0.2, 0.25) is 5.89 Å². The predicted octanol–water partition coefficient (Wildman–Crippen LogP) is 5.37. The molecule has 0 saturated heterocycles. The van der Waals surface area contributed by atoms with Crippen molar-refractivity contribution in [3.05, 3.63) is 40.2 Å². The lowest BCUT2D eigenvalue weighted by molar-refractivity contribution is 0.0932. The molecular weight excluding hydrogens is 510 g/mol. The zero-order valence-corrected chi connectivity index (χ0v) is 18.3. The first kappa shape index (κ1) is 21.7. The van der Waals surface area contributed by atoms with Crippen LogP contribution < -0.4 is 4.74 Å². The highest BCUT2D eigenvalue weighted by atomic mass is 127. The molecule has 1 aromatic carbocycles. The fourth-order valence-electron chi connectivity index (χ4n) is 2.51. The highest BCUT2D eigenvalue weighted by Gasteiger charge is 2.13. The van der Waals surface area contributed by atoms with Crippen LogP contribution in [0.3, 0.4) is 0 Å². The van der Waals surface area contributed by atoms with E-state index in [9.17, 15) is 4.39 Å². The van der Waals surface area contributed by atoms with Gasteiger partial charge in [0.05, 0.1) is 10.5 Å². The van der Waals surface area contributed by atoms with Crippen LogP contribution in [0.5, 0.6) is 5.75 Å². The largest absolute Gasteiger partial charge is 0.485 e. The zero-order valence-electron chi connectivity index (χ0n) is 15.3. The number of hydrogen-bond donors (Lipinski definition) is 3. The van der Waals surface area contributed by atoms with Gasteiger partial charge in [-0.3, -0.25) is 3.56 Å². The summed E-state index contributed by atoms with van der Waals surface area (Å²) in [5, 5.41) is 17.1. The van der Waals surface area contributed by atoms with Crippen LogP contribution in [-0.4, -0.2) is 40.7 Å². The van der Waals surface area contributed by atoms with Crippen LogP contribution in [0, 0.1) is 8.97 Å². The molecule has 2 aromatic heterocycles. The van der Waals surface area contributed by atoms with E-state index in [0.717, 1.165) is 16.3 Å². The second kappa shape index (κ2) is 10.6. The van der Waals surface area contributed by atoms with Gasteiger partial charge in [-0.05, 0) is 58.3 Å². The van der Waals surface area contributed by atoms with Crippen molar-refractivity contribution in [2.75, 3.05) is 13.3 Å². The third-order valence-corrected chi connectivity index (χ3v) is 7.41. The molecule has 2 atom stereocenters. The van der Waals surface area contributed by atoms with Gasteiger partial charge < -0.3 is 19.7 Å². The van der Waals surface area contributed by atoms with E-state index in [0.29, 0.717) is 29.2 Å². The Labute approximate surface area is 181 Å². The number of rotatable bonds is 11. The summed E-state index contributed by atoms with van der Waals surface area (Å²) in [6.45, 7) is -1.18. The number of aliphatic hydroxyl groups is 1. The molecular formula is C19H20FIN4O3S. The molecule has 0 saturated carbocycles. The molecule has 3 rings (SSSR count). The highest BCUT2D eigenvalue weighted by molar-refractivity contribution is 14.1. The molecule has 0 aliphatic heterocycles. The van der Waals surface area contributed by atoms with E-state index in [1.165, 1.54) is 6.21 Å². The number of oxazole rings is 1.